The number of pyridine rings is 1. The molecule has 1 heterocycles. The standard InChI is InChI=1S/C29H33N2O4/c1-30(2)29-23-18-28(35-7)26(33-5)16-21(23)14-24(31(29)3)22-17-27(34-6)25(32-4)15-20(22)13-19-11-9-8-10-12-19/h8-12,14-18H,13H2,1-7H3/q+1. The van der Waals surface area contributed by atoms with Crippen molar-refractivity contribution < 1.29 is 23.5 Å². The molecule has 0 bridgehead atoms. The van der Waals surface area contributed by atoms with E-state index < -0.39 is 0 Å². The molecule has 0 unspecified atom stereocenters. The molecule has 0 N–H and O–H groups in total. The maximum Gasteiger partial charge on any atom is 0.284 e. The van der Waals surface area contributed by atoms with Gasteiger partial charge < -0.3 is 18.9 Å². The van der Waals surface area contributed by atoms with Crippen LogP contribution in [0.15, 0.2) is 60.7 Å². The van der Waals surface area contributed by atoms with E-state index in [-0.39, 0.29) is 0 Å². The van der Waals surface area contributed by atoms with Crippen LogP contribution in [0.5, 0.6) is 23.0 Å². The molecule has 35 heavy (non-hydrogen) atoms. The summed E-state index contributed by atoms with van der Waals surface area (Å²) in [6, 6.07) is 20.9. The summed E-state index contributed by atoms with van der Waals surface area (Å²) in [6.07, 6.45) is 0.762. The molecule has 6 heteroatoms. The molecule has 0 aliphatic heterocycles. The van der Waals surface area contributed by atoms with Crippen molar-refractivity contribution in [2.45, 2.75) is 6.42 Å². The highest BCUT2D eigenvalue weighted by atomic mass is 16.5. The van der Waals surface area contributed by atoms with Crippen molar-refractivity contribution in [2.75, 3.05) is 47.4 Å². The van der Waals surface area contributed by atoms with Gasteiger partial charge in [-0.2, -0.15) is 0 Å². The van der Waals surface area contributed by atoms with Crippen LogP contribution in [0.2, 0.25) is 0 Å². The lowest BCUT2D eigenvalue weighted by atomic mass is 9.95. The van der Waals surface area contributed by atoms with E-state index in [0.717, 1.165) is 39.8 Å². The molecule has 1 aromatic heterocycles. The predicted molar refractivity (Wildman–Crippen MR) is 140 cm³/mol. The number of nitrogens with zero attached hydrogens (tertiary/aromatic N) is 2. The van der Waals surface area contributed by atoms with Crippen LogP contribution in [0.1, 0.15) is 11.1 Å². The van der Waals surface area contributed by atoms with Crippen molar-refractivity contribution >= 4 is 16.6 Å². The molecule has 0 spiro atoms. The summed E-state index contributed by atoms with van der Waals surface area (Å²) in [5, 5.41) is 2.13. The quantitative estimate of drug-likeness (QED) is 0.336. The fourth-order valence-corrected chi connectivity index (χ4v) is 4.67. The third kappa shape index (κ3) is 4.56. The Morgan fingerprint density at radius 3 is 1.89 bits per heavy atom. The van der Waals surface area contributed by atoms with E-state index >= 15 is 0 Å². The summed E-state index contributed by atoms with van der Waals surface area (Å²) in [7, 11) is 12.8. The lowest BCUT2D eigenvalue weighted by molar-refractivity contribution is -0.646. The second-order valence-corrected chi connectivity index (χ2v) is 8.63. The van der Waals surface area contributed by atoms with Gasteiger partial charge in [-0.05, 0) is 47.2 Å². The molecule has 0 aliphatic carbocycles. The normalized spacial score (nSPS) is 10.8. The van der Waals surface area contributed by atoms with Crippen LogP contribution in [0.4, 0.5) is 5.82 Å². The predicted octanol–water partition coefficient (Wildman–Crippen LogP) is 5.02. The fourth-order valence-electron chi connectivity index (χ4n) is 4.67. The van der Waals surface area contributed by atoms with Crippen molar-refractivity contribution in [3.05, 3.63) is 71.8 Å². The van der Waals surface area contributed by atoms with Crippen molar-refractivity contribution in [3.63, 3.8) is 0 Å². The molecule has 3 aromatic carbocycles. The van der Waals surface area contributed by atoms with E-state index in [1.54, 1.807) is 28.4 Å². The fraction of sp³-hybridized carbons (Fsp3) is 0.276. The van der Waals surface area contributed by atoms with Crippen LogP contribution < -0.4 is 28.4 Å². The third-order valence-corrected chi connectivity index (χ3v) is 6.31. The van der Waals surface area contributed by atoms with Gasteiger partial charge in [0, 0.05) is 11.6 Å². The maximum absolute atomic E-state index is 5.69. The molecule has 4 rings (SSSR count). The summed E-state index contributed by atoms with van der Waals surface area (Å²) in [5.74, 6) is 3.86. The minimum absolute atomic E-state index is 0.693. The van der Waals surface area contributed by atoms with E-state index in [2.05, 4.69) is 73.1 Å². The topological polar surface area (TPSA) is 44.0 Å². The van der Waals surface area contributed by atoms with Gasteiger partial charge in [-0.25, -0.2) is 4.57 Å². The van der Waals surface area contributed by atoms with Gasteiger partial charge in [0.2, 0.25) is 0 Å². The van der Waals surface area contributed by atoms with Gasteiger partial charge in [0.25, 0.3) is 5.82 Å². The molecule has 0 fully saturated rings. The molecular formula is C29H33N2O4+. The molecule has 0 saturated carbocycles. The van der Waals surface area contributed by atoms with Crippen LogP contribution in [0, 0.1) is 0 Å². The second-order valence-electron chi connectivity index (χ2n) is 8.63. The third-order valence-electron chi connectivity index (χ3n) is 6.31. The van der Waals surface area contributed by atoms with Crippen LogP contribution in [-0.2, 0) is 13.5 Å². The zero-order valence-electron chi connectivity index (χ0n) is 21.5. The van der Waals surface area contributed by atoms with Crippen molar-refractivity contribution in [3.8, 4) is 34.3 Å². The Bertz CT molecular complexity index is 1350. The second kappa shape index (κ2) is 10.1. The van der Waals surface area contributed by atoms with Crippen molar-refractivity contribution in [1.29, 1.82) is 0 Å². The highest BCUT2D eigenvalue weighted by Gasteiger charge is 2.24. The zero-order chi connectivity index (χ0) is 25.1. The molecule has 4 aromatic rings. The average Bonchev–Trinajstić information content (AvgIpc) is 2.87. The number of benzene rings is 3. The molecule has 0 saturated heterocycles. The minimum Gasteiger partial charge on any atom is -0.493 e. The van der Waals surface area contributed by atoms with Gasteiger partial charge in [0.15, 0.2) is 23.0 Å². The molecule has 0 atom stereocenters. The first-order chi connectivity index (χ1) is 16.9. The van der Waals surface area contributed by atoms with Crippen LogP contribution in [-0.4, -0.2) is 42.5 Å². The van der Waals surface area contributed by atoms with Crippen LogP contribution >= 0.6 is 0 Å². The Morgan fingerprint density at radius 2 is 1.29 bits per heavy atom. The van der Waals surface area contributed by atoms with Crippen LogP contribution in [0.3, 0.4) is 0 Å². The van der Waals surface area contributed by atoms with E-state index in [1.807, 2.05) is 18.2 Å². The number of ether oxygens (including phenoxy) is 4. The van der Waals surface area contributed by atoms with Crippen molar-refractivity contribution in [1.82, 2.24) is 0 Å². The Hall–Kier alpha value is -3.93. The average molecular weight is 474 g/mol. The van der Waals surface area contributed by atoms with Crippen LogP contribution in [0.25, 0.3) is 22.0 Å². The van der Waals surface area contributed by atoms with E-state index in [1.165, 1.54) is 5.56 Å². The zero-order valence-corrected chi connectivity index (χ0v) is 21.5. The highest BCUT2D eigenvalue weighted by molar-refractivity contribution is 5.95. The molecule has 182 valence electrons. The smallest absolute Gasteiger partial charge is 0.284 e. The first-order valence-corrected chi connectivity index (χ1v) is 11.5. The maximum atomic E-state index is 5.69. The lowest BCUT2D eigenvalue weighted by Gasteiger charge is -2.20. The van der Waals surface area contributed by atoms with E-state index in [4.69, 9.17) is 18.9 Å². The number of fused-ring (bicyclic) bond motifs is 1. The Morgan fingerprint density at radius 1 is 0.714 bits per heavy atom. The molecule has 0 amide bonds. The number of hydrogen-bond acceptors (Lipinski definition) is 5. The Labute approximate surface area is 207 Å². The van der Waals surface area contributed by atoms with Gasteiger partial charge in [0.05, 0.1) is 55.0 Å². The monoisotopic (exact) mass is 473 g/mol. The number of methoxy groups -OCH3 is 4. The number of anilines is 1. The molecular weight excluding hydrogens is 440 g/mol. The van der Waals surface area contributed by atoms with Gasteiger partial charge >= 0.3 is 0 Å². The largest absolute Gasteiger partial charge is 0.493 e. The summed E-state index contributed by atoms with van der Waals surface area (Å²) >= 11 is 0. The number of rotatable bonds is 8. The summed E-state index contributed by atoms with van der Waals surface area (Å²) < 4.78 is 24.8. The van der Waals surface area contributed by atoms with Gasteiger partial charge in [0.1, 0.15) is 5.69 Å². The summed E-state index contributed by atoms with van der Waals surface area (Å²) in [6.45, 7) is 0. The summed E-state index contributed by atoms with van der Waals surface area (Å²) in [4.78, 5) is 2.12. The SMILES string of the molecule is COc1cc(Cc2ccccc2)c(-c2cc3cc(OC)c(OC)cc3c(N(C)C)[n+]2C)cc1OC. The molecule has 0 aliphatic rings. The first-order valence-electron chi connectivity index (χ1n) is 11.5. The van der Waals surface area contributed by atoms with Gasteiger partial charge in [-0.3, -0.25) is 4.90 Å². The summed E-state index contributed by atoms with van der Waals surface area (Å²) in [5.41, 5.74) is 4.51. The first kappa shape index (κ1) is 24.2. The number of aromatic nitrogens is 1. The number of hydrogen-bond donors (Lipinski definition) is 0. The Balaban J connectivity index is 2.04. The Kier molecular flexibility index (Phi) is 7.01. The van der Waals surface area contributed by atoms with Crippen molar-refractivity contribution in [2.24, 2.45) is 7.05 Å². The van der Waals surface area contributed by atoms with Gasteiger partial charge in [-0.15, -0.1) is 0 Å². The minimum atomic E-state index is 0.693. The molecule has 6 nitrogen and oxygen atoms in total. The lowest BCUT2D eigenvalue weighted by Crippen LogP contribution is -2.38. The molecule has 0 radical (unpaired) electrons. The highest BCUT2D eigenvalue weighted by Crippen LogP contribution is 2.40. The van der Waals surface area contributed by atoms with E-state index in [9.17, 15) is 0 Å². The van der Waals surface area contributed by atoms with E-state index in [0.29, 0.717) is 23.0 Å². The van der Waals surface area contributed by atoms with Gasteiger partial charge in [-0.1, -0.05) is 30.3 Å².